The smallest absolute Gasteiger partial charge is 0.410 e. The van der Waals surface area contributed by atoms with E-state index in [2.05, 4.69) is 0 Å². The summed E-state index contributed by atoms with van der Waals surface area (Å²) in [4.78, 5) is 26.5. The van der Waals surface area contributed by atoms with Crippen molar-refractivity contribution in [1.82, 2.24) is 9.47 Å². The molecule has 1 aromatic heterocycles. The number of piperidine rings is 1. The van der Waals surface area contributed by atoms with Crippen LogP contribution in [0.15, 0.2) is 24.4 Å². The van der Waals surface area contributed by atoms with Crippen molar-refractivity contribution in [3.63, 3.8) is 0 Å². The summed E-state index contributed by atoms with van der Waals surface area (Å²) in [6, 6.07) is 5.39. The van der Waals surface area contributed by atoms with E-state index in [1.807, 2.05) is 26.8 Å². The van der Waals surface area contributed by atoms with Crippen LogP contribution < -0.4 is 4.74 Å². The number of hydrogen-bond donors (Lipinski definition) is 1. The third-order valence-electron chi connectivity index (χ3n) is 4.99. The molecule has 152 valence electrons. The Morgan fingerprint density at radius 1 is 1.21 bits per heavy atom. The van der Waals surface area contributed by atoms with E-state index in [1.165, 1.54) is 0 Å². The maximum Gasteiger partial charge on any atom is 0.410 e. The summed E-state index contributed by atoms with van der Waals surface area (Å²) in [5, 5.41) is 11.9. The number of aromatic nitrogens is 1. The van der Waals surface area contributed by atoms with Crippen molar-refractivity contribution in [3.8, 4) is 11.6 Å². The molecule has 1 saturated heterocycles. The van der Waals surface area contributed by atoms with Crippen molar-refractivity contribution < 1.29 is 24.2 Å². The molecule has 0 spiro atoms. The van der Waals surface area contributed by atoms with Crippen LogP contribution in [0.4, 0.5) is 4.79 Å². The first-order chi connectivity index (χ1) is 13.2. The monoisotopic (exact) mass is 388 g/mol. The van der Waals surface area contributed by atoms with Gasteiger partial charge in [-0.2, -0.15) is 0 Å². The summed E-state index contributed by atoms with van der Waals surface area (Å²) >= 11 is 0. The second-order valence-electron chi connectivity index (χ2n) is 8.24. The van der Waals surface area contributed by atoms with E-state index in [4.69, 9.17) is 9.47 Å². The molecule has 1 aromatic carbocycles. The average molecular weight is 388 g/mol. The van der Waals surface area contributed by atoms with E-state index in [1.54, 1.807) is 34.9 Å². The number of fused-ring (bicyclic) bond motifs is 1. The molecule has 0 bridgehead atoms. The lowest BCUT2D eigenvalue weighted by Crippen LogP contribution is -2.43. The highest BCUT2D eigenvalue weighted by atomic mass is 16.6. The van der Waals surface area contributed by atoms with Gasteiger partial charge in [-0.3, -0.25) is 4.79 Å². The van der Waals surface area contributed by atoms with Crippen LogP contribution in [0.25, 0.3) is 10.8 Å². The molecule has 0 unspecified atom stereocenters. The number of aromatic hydroxyl groups is 1. The zero-order valence-electron chi connectivity index (χ0n) is 16.9. The fourth-order valence-electron chi connectivity index (χ4n) is 3.49. The molecule has 0 atom stereocenters. The minimum absolute atomic E-state index is 0.0615. The van der Waals surface area contributed by atoms with E-state index >= 15 is 0 Å². The van der Waals surface area contributed by atoms with Crippen LogP contribution in [-0.4, -0.2) is 52.3 Å². The SMILES string of the molecule is COc1ccc2c(O)n(CC(=O)C3CCN(C(=O)OC(C)(C)C)CC3)cc2c1. The maximum atomic E-state index is 12.7. The van der Waals surface area contributed by atoms with Crippen LogP contribution in [0.2, 0.25) is 0 Å². The van der Waals surface area contributed by atoms with Crippen molar-refractivity contribution in [2.45, 2.75) is 45.8 Å². The van der Waals surface area contributed by atoms with E-state index in [0.717, 1.165) is 5.39 Å². The van der Waals surface area contributed by atoms with Crippen molar-refractivity contribution in [2.24, 2.45) is 5.92 Å². The fourth-order valence-corrected chi connectivity index (χ4v) is 3.49. The van der Waals surface area contributed by atoms with Crippen LogP contribution >= 0.6 is 0 Å². The minimum atomic E-state index is -0.527. The molecular formula is C21H28N2O5. The van der Waals surface area contributed by atoms with Gasteiger partial charge in [0.25, 0.3) is 0 Å². The Labute approximate surface area is 164 Å². The predicted molar refractivity (Wildman–Crippen MR) is 106 cm³/mol. The maximum absolute atomic E-state index is 12.7. The molecule has 1 amide bonds. The first-order valence-corrected chi connectivity index (χ1v) is 9.54. The number of carbonyl (C=O) groups is 2. The summed E-state index contributed by atoms with van der Waals surface area (Å²) in [5.41, 5.74) is -0.527. The molecular weight excluding hydrogens is 360 g/mol. The number of methoxy groups -OCH3 is 1. The molecule has 3 rings (SSSR count). The number of Topliss-reactive ketones (excluding diaryl/α,β-unsaturated/α-hetero) is 1. The lowest BCUT2D eigenvalue weighted by atomic mass is 9.92. The highest BCUT2D eigenvalue weighted by molar-refractivity contribution is 5.90. The largest absolute Gasteiger partial charge is 0.497 e. The summed E-state index contributed by atoms with van der Waals surface area (Å²) in [6.45, 7) is 6.63. The molecule has 1 aliphatic heterocycles. The van der Waals surface area contributed by atoms with Gasteiger partial charge in [-0.15, -0.1) is 0 Å². The summed E-state index contributed by atoms with van der Waals surface area (Å²) in [6.07, 6.45) is 2.64. The Morgan fingerprint density at radius 2 is 1.89 bits per heavy atom. The lowest BCUT2D eigenvalue weighted by Gasteiger charge is -2.33. The molecule has 2 heterocycles. The van der Waals surface area contributed by atoms with Crippen molar-refractivity contribution >= 4 is 22.6 Å². The van der Waals surface area contributed by atoms with Gasteiger partial charge < -0.3 is 24.0 Å². The Kier molecular flexibility index (Phi) is 5.54. The zero-order chi connectivity index (χ0) is 20.5. The molecule has 1 aliphatic rings. The molecule has 1 N–H and O–H groups in total. The van der Waals surface area contributed by atoms with E-state index in [0.29, 0.717) is 37.1 Å². The Bertz CT molecular complexity index is 873. The molecule has 2 aromatic rings. The normalized spacial score (nSPS) is 15.6. The van der Waals surface area contributed by atoms with Gasteiger partial charge in [-0.05, 0) is 51.8 Å². The molecule has 7 heteroatoms. The Morgan fingerprint density at radius 3 is 2.50 bits per heavy atom. The van der Waals surface area contributed by atoms with Crippen LogP contribution in [-0.2, 0) is 16.1 Å². The lowest BCUT2D eigenvalue weighted by molar-refractivity contribution is -0.125. The van der Waals surface area contributed by atoms with Gasteiger partial charge in [0, 0.05) is 36.0 Å². The fraction of sp³-hybridized carbons (Fsp3) is 0.524. The molecule has 0 saturated carbocycles. The first-order valence-electron chi connectivity index (χ1n) is 9.54. The van der Waals surface area contributed by atoms with E-state index in [9.17, 15) is 14.7 Å². The van der Waals surface area contributed by atoms with Crippen LogP contribution in [0, 0.1) is 5.92 Å². The number of likely N-dealkylation sites (tertiary alicyclic amines) is 1. The number of amides is 1. The second kappa shape index (κ2) is 7.73. The van der Waals surface area contributed by atoms with Gasteiger partial charge >= 0.3 is 6.09 Å². The van der Waals surface area contributed by atoms with Crippen LogP contribution in [0.5, 0.6) is 11.6 Å². The molecule has 1 fully saturated rings. The third kappa shape index (κ3) is 4.40. The minimum Gasteiger partial charge on any atom is -0.497 e. The Balaban J connectivity index is 1.61. The number of hydrogen-bond acceptors (Lipinski definition) is 5. The van der Waals surface area contributed by atoms with Gasteiger partial charge in [0.1, 0.15) is 11.4 Å². The predicted octanol–water partition coefficient (Wildman–Crippen LogP) is 3.57. The van der Waals surface area contributed by atoms with Gasteiger partial charge in [0.2, 0.25) is 0 Å². The summed E-state index contributed by atoms with van der Waals surface area (Å²) < 4.78 is 12.2. The first kappa shape index (κ1) is 20.0. The Hall–Kier alpha value is -2.70. The van der Waals surface area contributed by atoms with Crippen LogP contribution in [0.1, 0.15) is 33.6 Å². The molecule has 7 nitrogen and oxygen atoms in total. The number of rotatable bonds is 4. The number of benzene rings is 1. The highest BCUT2D eigenvalue weighted by Crippen LogP contribution is 2.31. The van der Waals surface area contributed by atoms with E-state index in [-0.39, 0.29) is 30.2 Å². The van der Waals surface area contributed by atoms with Gasteiger partial charge in [0.05, 0.1) is 13.7 Å². The number of ketones is 1. The van der Waals surface area contributed by atoms with Crippen LogP contribution in [0.3, 0.4) is 0 Å². The second-order valence-corrected chi connectivity index (χ2v) is 8.24. The summed E-state index contributed by atoms with van der Waals surface area (Å²) in [7, 11) is 1.59. The van der Waals surface area contributed by atoms with Gasteiger partial charge in [-0.1, -0.05) is 0 Å². The van der Waals surface area contributed by atoms with Gasteiger partial charge in [-0.25, -0.2) is 4.79 Å². The zero-order valence-corrected chi connectivity index (χ0v) is 16.9. The molecule has 28 heavy (non-hydrogen) atoms. The van der Waals surface area contributed by atoms with Crippen molar-refractivity contribution in [3.05, 3.63) is 24.4 Å². The van der Waals surface area contributed by atoms with Crippen molar-refractivity contribution in [2.75, 3.05) is 20.2 Å². The van der Waals surface area contributed by atoms with Gasteiger partial charge in [0.15, 0.2) is 11.7 Å². The van der Waals surface area contributed by atoms with Crippen molar-refractivity contribution in [1.29, 1.82) is 0 Å². The van der Waals surface area contributed by atoms with E-state index < -0.39 is 5.60 Å². The standard InChI is InChI=1S/C21H28N2O5/c1-21(2,3)28-20(26)22-9-7-14(8-10-22)18(24)13-23-12-15-11-16(27-4)5-6-17(15)19(23)25/h5-6,11-12,14,25H,7-10,13H2,1-4H3. The number of carbonyl (C=O) groups excluding carboxylic acids is 2. The number of nitrogens with zero attached hydrogens (tertiary/aromatic N) is 2. The summed E-state index contributed by atoms with van der Waals surface area (Å²) in [5.74, 6) is 0.715. The molecule has 0 radical (unpaired) electrons. The quantitative estimate of drug-likeness (QED) is 0.866. The number of ether oxygens (including phenoxy) is 2. The molecule has 0 aliphatic carbocycles. The average Bonchev–Trinajstić information content (AvgIpc) is 2.95. The topological polar surface area (TPSA) is 81.0 Å². The third-order valence-corrected chi connectivity index (χ3v) is 4.99. The highest BCUT2D eigenvalue weighted by Gasteiger charge is 2.30.